The summed E-state index contributed by atoms with van der Waals surface area (Å²) in [4.78, 5) is 15.0. The van der Waals surface area contributed by atoms with E-state index in [1.165, 1.54) is 22.5 Å². The van der Waals surface area contributed by atoms with Crippen molar-refractivity contribution in [2.75, 3.05) is 0 Å². The molecular weight excluding hydrogens is 426 g/mol. The summed E-state index contributed by atoms with van der Waals surface area (Å²) in [7, 11) is 0. The van der Waals surface area contributed by atoms with Crippen molar-refractivity contribution in [3.63, 3.8) is 0 Å². The van der Waals surface area contributed by atoms with Gasteiger partial charge in [-0.15, -0.1) is 5.10 Å². The normalized spacial score (nSPS) is 17.7. The number of carbonyl (C=O) groups is 1. The van der Waals surface area contributed by atoms with Crippen LogP contribution < -0.4 is 0 Å². The molecule has 1 heterocycles. The molecule has 0 aliphatic carbocycles. The van der Waals surface area contributed by atoms with Gasteiger partial charge in [-0.2, -0.15) is 5.10 Å². The maximum atomic E-state index is 13.2. The lowest BCUT2D eigenvalue weighted by molar-refractivity contribution is -0.126. The Balaban J connectivity index is 1.46. The van der Waals surface area contributed by atoms with Crippen molar-refractivity contribution in [1.29, 1.82) is 0 Å². The van der Waals surface area contributed by atoms with Crippen LogP contribution in [0.1, 0.15) is 30.9 Å². The van der Waals surface area contributed by atoms with Crippen LogP contribution in [0.2, 0.25) is 0 Å². The molecule has 5 rings (SSSR count). The van der Waals surface area contributed by atoms with E-state index in [1.807, 2.05) is 42.5 Å². The number of carbonyl (C=O) groups excluding carboxylic acids is 1. The van der Waals surface area contributed by atoms with Gasteiger partial charge in [-0.25, -0.2) is 0 Å². The summed E-state index contributed by atoms with van der Waals surface area (Å²) in [5.41, 5.74) is 2.13. The highest BCUT2D eigenvalue weighted by Crippen LogP contribution is 2.33. The molecule has 4 aromatic carbocycles. The van der Waals surface area contributed by atoms with E-state index in [-0.39, 0.29) is 11.2 Å². The van der Waals surface area contributed by atoms with Gasteiger partial charge in [0.25, 0.3) is 0 Å². The molecule has 1 aliphatic heterocycles. The largest absolute Gasteiger partial charge is 0.284 e. The van der Waals surface area contributed by atoms with Crippen molar-refractivity contribution in [3.05, 3.63) is 96.1 Å². The summed E-state index contributed by atoms with van der Waals surface area (Å²) in [6, 6.07) is 28.9. The van der Waals surface area contributed by atoms with Crippen molar-refractivity contribution in [1.82, 2.24) is 4.90 Å². The highest BCUT2D eigenvalue weighted by molar-refractivity contribution is 8.15. The van der Waals surface area contributed by atoms with Gasteiger partial charge < -0.3 is 0 Å². The van der Waals surface area contributed by atoms with Gasteiger partial charge in [0.15, 0.2) is 5.17 Å². The lowest BCUT2D eigenvalue weighted by Gasteiger charge is -2.17. The standard InChI is InChI=1S/C28H25N3OS/c1-2-9-26-27(32)31(19-23-15-8-13-21-11-4-6-17-25(21)23)28(33-26)30-29-18-22-14-7-12-20-10-3-5-16-24(20)22/h3-8,10-18,26H,2,9,19H2,1H3/b29-18+,30-28-. The fourth-order valence-corrected chi connectivity index (χ4v) is 5.49. The second-order valence-electron chi connectivity index (χ2n) is 8.15. The van der Waals surface area contributed by atoms with Crippen LogP contribution in [-0.2, 0) is 11.3 Å². The molecule has 0 radical (unpaired) electrons. The average molecular weight is 452 g/mol. The van der Waals surface area contributed by atoms with Crippen LogP contribution in [0.4, 0.5) is 0 Å². The van der Waals surface area contributed by atoms with Crippen molar-refractivity contribution in [2.24, 2.45) is 10.2 Å². The number of hydrogen-bond donors (Lipinski definition) is 0. The van der Waals surface area contributed by atoms with Gasteiger partial charge in [-0.1, -0.05) is 110 Å². The Morgan fingerprint density at radius 3 is 2.33 bits per heavy atom. The maximum Gasteiger partial charge on any atom is 0.242 e. The molecule has 5 heteroatoms. The molecule has 33 heavy (non-hydrogen) atoms. The molecule has 164 valence electrons. The third-order valence-electron chi connectivity index (χ3n) is 5.94. The first-order valence-corrected chi connectivity index (χ1v) is 12.2. The Morgan fingerprint density at radius 1 is 0.879 bits per heavy atom. The van der Waals surface area contributed by atoms with Crippen LogP contribution in [0.15, 0.2) is 95.1 Å². The van der Waals surface area contributed by atoms with Gasteiger partial charge in [-0.05, 0) is 33.5 Å². The Kier molecular flexibility index (Phi) is 6.22. The van der Waals surface area contributed by atoms with Crippen molar-refractivity contribution < 1.29 is 4.79 Å². The van der Waals surface area contributed by atoms with E-state index >= 15 is 0 Å². The first kappa shape index (κ1) is 21.4. The summed E-state index contributed by atoms with van der Waals surface area (Å²) in [6.45, 7) is 2.60. The smallest absolute Gasteiger partial charge is 0.242 e. The summed E-state index contributed by atoms with van der Waals surface area (Å²) in [6.07, 6.45) is 3.57. The Hall–Kier alpha value is -3.44. The molecule has 1 amide bonds. The maximum absolute atomic E-state index is 13.2. The first-order chi connectivity index (χ1) is 16.2. The molecule has 0 N–H and O–H groups in total. The molecule has 1 atom stereocenters. The molecule has 0 aromatic heterocycles. The van der Waals surface area contributed by atoms with E-state index in [0.717, 1.165) is 34.7 Å². The molecular formula is C28H25N3OS. The topological polar surface area (TPSA) is 45.0 Å². The van der Waals surface area contributed by atoms with E-state index in [4.69, 9.17) is 0 Å². The molecule has 1 fully saturated rings. The van der Waals surface area contributed by atoms with E-state index < -0.39 is 0 Å². The van der Waals surface area contributed by atoms with E-state index in [2.05, 4.69) is 59.6 Å². The number of nitrogens with zero attached hydrogens (tertiary/aromatic N) is 3. The van der Waals surface area contributed by atoms with Crippen molar-refractivity contribution in [2.45, 2.75) is 31.6 Å². The van der Waals surface area contributed by atoms with Crippen LogP contribution in [0, 0.1) is 0 Å². The highest BCUT2D eigenvalue weighted by Gasteiger charge is 2.37. The Morgan fingerprint density at radius 2 is 1.55 bits per heavy atom. The SMILES string of the molecule is CCCC1S/C(=N\N=C\c2cccc3ccccc23)N(Cc2cccc3ccccc23)C1=O. The second kappa shape index (κ2) is 9.59. The second-order valence-corrected chi connectivity index (χ2v) is 9.32. The predicted molar refractivity (Wildman–Crippen MR) is 140 cm³/mol. The molecule has 1 unspecified atom stereocenters. The van der Waals surface area contributed by atoms with Gasteiger partial charge in [0.1, 0.15) is 0 Å². The molecule has 1 saturated heterocycles. The minimum absolute atomic E-state index is 0.100. The van der Waals surface area contributed by atoms with Crippen LogP contribution in [0.5, 0.6) is 0 Å². The Labute approximate surface area is 198 Å². The molecule has 4 aromatic rings. The van der Waals surface area contributed by atoms with E-state index in [9.17, 15) is 4.79 Å². The summed E-state index contributed by atoms with van der Waals surface area (Å²) in [5, 5.41) is 14.1. The van der Waals surface area contributed by atoms with Crippen LogP contribution >= 0.6 is 11.8 Å². The monoisotopic (exact) mass is 451 g/mol. The molecule has 0 saturated carbocycles. The minimum Gasteiger partial charge on any atom is -0.284 e. The average Bonchev–Trinajstić information content (AvgIpc) is 3.14. The van der Waals surface area contributed by atoms with Gasteiger partial charge in [0.2, 0.25) is 5.91 Å². The number of amidine groups is 1. The lowest BCUT2D eigenvalue weighted by atomic mass is 10.0. The molecule has 0 spiro atoms. The number of amides is 1. The number of thioether (sulfide) groups is 1. The van der Waals surface area contributed by atoms with Gasteiger partial charge in [-0.3, -0.25) is 9.69 Å². The van der Waals surface area contributed by atoms with E-state index in [1.54, 1.807) is 11.1 Å². The van der Waals surface area contributed by atoms with Gasteiger partial charge in [0, 0.05) is 5.56 Å². The zero-order valence-corrected chi connectivity index (χ0v) is 19.3. The number of fused-ring (bicyclic) bond motifs is 2. The van der Waals surface area contributed by atoms with E-state index in [0.29, 0.717) is 11.7 Å². The number of hydrogen-bond acceptors (Lipinski definition) is 4. The fraction of sp³-hybridized carbons (Fsp3) is 0.179. The third kappa shape index (κ3) is 4.41. The predicted octanol–water partition coefficient (Wildman–Crippen LogP) is 6.63. The van der Waals surface area contributed by atoms with Crippen LogP contribution in [-0.4, -0.2) is 27.4 Å². The Bertz CT molecular complexity index is 1370. The quantitative estimate of drug-likeness (QED) is 0.244. The van der Waals surface area contributed by atoms with Crippen LogP contribution in [0.25, 0.3) is 21.5 Å². The zero-order valence-electron chi connectivity index (χ0n) is 18.5. The summed E-state index contributed by atoms with van der Waals surface area (Å²) < 4.78 is 0. The minimum atomic E-state index is -0.100. The van der Waals surface area contributed by atoms with Gasteiger partial charge in [0.05, 0.1) is 18.0 Å². The fourth-order valence-electron chi connectivity index (χ4n) is 4.28. The molecule has 4 nitrogen and oxygen atoms in total. The molecule has 0 bridgehead atoms. The number of rotatable bonds is 6. The van der Waals surface area contributed by atoms with Crippen LogP contribution in [0.3, 0.4) is 0 Å². The third-order valence-corrected chi connectivity index (χ3v) is 7.18. The summed E-state index contributed by atoms with van der Waals surface area (Å²) in [5.74, 6) is 0.119. The lowest BCUT2D eigenvalue weighted by Crippen LogP contribution is -2.31. The molecule has 1 aliphatic rings. The van der Waals surface area contributed by atoms with Crippen molar-refractivity contribution >= 4 is 50.6 Å². The zero-order chi connectivity index (χ0) is 22.6. The highest BCUT2D eigenvalue weighted by atomic mass is 32.2. The van der Waals surface area contributed by atoms with Crippen molar-refractivity contribution in [3.8, 4) is 0 Å². The first-order valence-electron chi connectivity index (χ1n) is 11.3. The number of benzene rings is 4. The van der Waals surface area contributed by atoms with Gasteiger partial charge >= 0.3 is 0 Å². The summed E-state index contributed by atoms with van der Waals surface area (Å²) >= 11 is 1.53.